The average molecular weight is 440 g/mol. The molecule has 4 fully saturated rings. The molecule has 5 rings (SSSR count). The van der Waals surface area contributed by atoms with Crippen molar-refractivity contribution in [2.45, 2.75) is 51.0 Å². The number of nitrogens with zero attached hydrogens (tertiary/aromatic N) is 1. The number of Topliss-reactive ketones (excluding diaryl/α,β-unsaturated/α-hetero) is 1. The number of benzene rings is 1. The number of hydrogen-bond acceptors (Lipinski definition) is 6. The van der Waals surface area contributed by atoms with E-state index in [1.54, 1.807) is 36.3 Å². The molecule has 0 aromatic heterocycles. The van der Waals surface area contributed by atoms with Gasteiger partial charge in [0.1, 0.15) is 5.75 Å². The highest BCUT2D eigenvalue weighted by Crippen LogP contribution is 2.56. The fourth-order valence-electron chi connectivity index (χ4n) is 6.48. The van der Waals surface area contributed by atoms with E-state index in [0.717, 1.165) is 19.3 Å². The Morgan fingerprint density at radius 2 is 1.50 bits per heavy atom. The fraction of sp³-hybridized carbons (Fsp3) is 0.600. The lowest BCUT2D eigenvalue weighted by Crippen LogP contribution is -2.44. The van der Waals surface area contributed by atoms with Gasteiger partial charge in [0.2, 0.25) is 11.8 Å². The number of amides is 2. The van der Waals surface area contributed by atoms with Gasteiger partial charge >= 0.3 is 5.97 Å². The molecule has 170 valence electrons. The van der Waals surface area contributed by atoms with Crippen LogP contribution >= 0.6 is 0 Å². The minimum atomic E-state index is -0.376. The molecule has 0 radical (unpaired) electrons. The molecule has 1 heterocycles. The largest absolute Gasteiger partial charge is 0.497 e. The third-order valence-electron chi connectivity index (χ3n) is 8.11. The number of rotatable bonds is 6. The van der Waals surface area contributed by atoms with Gasteiger partial charge in [-0.05, 0) is 81.0 Å². The molecule has 0 N–H and O–H groups in total. The number of esters is 1. The molecule has 3 saturated carbocycles. The van der Waals surface area contributed by atoms with Gasteiger partial charge in [-0.25, -0.2) is 0 Å². The highest BCUT2D eigenvalue weighted by atomic mass is 16.5. The van der Waals surface area contributed by atoms with Crippen LogP contribution in [0.25, 0.3) is 0 Å². The summed E-state index contributed by atoms with van der Waals surface area (Å²) < 4.78 is 10.4. The van der Waals surface area contributed by atoms with Crippen molar-refractivity contribution in [3.8, 4) is 5.75 Å². The molecule has 1 saturated heterocycles. The van der Waals surface area contributed by atoms with Crippen LogP contribution in [0.1, 0.15) is 55.3 Å². The minimum Gasteiger partial charge on any atom is -0.497 e. The normalized spacial score (nSPS) is 33.3. The molecule has 32 heavy (non-hydrogen) atoms. The van der Waals surface area contributed by atoms with Gasteiger partial charge in [-0.3, -0.25) is 24.1 Å². The van der Waals surface area contributed by atoms with Gasteiger partial charge in [0, 0.05) is 11.6 Å². The maximum absolute atomic E-state index is 13.0. The lowest BCUT2D eigenvalue weighted by atomic mass is 9.81. The highest BCUT2D eigenvalue weighted by molar-refractivity contribution is 6.06. The summed E-state index contributed by atoms with van der Waals surface area (Å²) in [6.07, 6.45) is 5.57. The predicted octanol–water partition coefficient (Wildman–Crippen LogP) is 3.01. The number of hydrogen-bond donors (Lipinski definition) is 0. The SMILES string of the molecule is COc1ccc(C(=O)COC(=O)C2CCC(N3C(=O)C4C5CCC(C5)C4C3=O)CC2)cc1. The van der Waals surface area contributed by atoms with E-state index in [2.05, 4.69) is 0 Å². The van der Waals surface area contributed by atoms with Crippen LogP contribution in [-0.4, -0.2) is 48.2 Å². The lowest BCUT2D eigenvalue weighted by molar-refractivity contribution is -0.149. The van der Waals surface area contributed by atoms with Crippen molar-refractivity contribution in [2.75, 3.05) is 13.7 Å². The van der Waals surface area contributed by atoms with Crippen LogP contribution in [-0.2, 0) is 19.1 Å². The van der Waals surface area contributed by atoms with E-state index in [9.17, 15) is 19.2 Å². The van der Waals surface area contributed by atoms with Gasteiger partial charge in [-0.2, -0.15) is 0 Å². The third-order valence-corrected chi connectivity index (χ3v) is 8.11. The zero-order chi connectivity index (χ0) is 22.4. The second kappa shape index (κ2) is 8.34. The highest BCUT2D eigenvalue weighted by Gasteiger charge is 2.61. The summed E-state index contributed by atoms with van der Waals surface area (Å²) >= 11 is 0. The molecule has 4 unspecified atom stereocenters. The van der Waals surface area contributed by atoms with Crippen molar-refractivity contribution in [2.24, 2.45) is 29.6 Å². The number of ketones is 1. The molecule has 0 spiro atoms. The third kappa shape index (κ3) is 3.51. The monoisotopic (exact) mass is 439 g/mol. The van der Waals surface area contributed by atoms with Crippen LogP contribution in [0.15, 0.2) is 24.3 Å². The number of ether oxygens (including phenoxy) is 2. The molecule has 1 aromatic carbocycles. The van der Waals surface area contributed by atoms with Crippen molar-refractivity contribution in [1.82, 2.24) is 4.90 Å². The minimum absolute atomic E-state index is 0.0308. The Morgan fingerprint density at radius 3 is 2.06 bits per heavy atom. The van der Waals surface area contributed by atoms with Gasteiger partial charge in [-0.1, -0.05) is 0 Å². The Kier molecular flexibility index (Phi) is 5.51. The van der Waals surface area contributed by atoms with Crippen molar-refractivity contribution in [3.05, 3.63) is 29.8 Å². The van der Waals surface area contributed by atoms with Crippen LogP contribution in [0.2, 0.25) is 0 Å². The van der Waals surface area contributed by atoms with Gasteiger partial charge in [-0.15, -0.1) is 0 Å². The summed E-state index contributed by atoms with van der Waals surface area (Å²) in [6, 6.07) is 6.57. The number of likely N-dealkylation sites (tertiary alicyclic amines) is 1. The molecular weight excluding hydrogens is 410 g/mol. The van der Waals surface area contributed by atoms with Crippen LogP contribution in [0, 0.1) is 29.6 Å². The molecule has 7 nitrogen and oxygen atoms in total. The molecule has 2 amide bonds. The maximum Gasteiger partial charge on any atom is 0.309 e. The number of carbonyl (C=O) groups excluding carboxylic acids is 4. The molecule has 3 aliphatic carbocycles. The zero-order valence-electron chi connectivity index (χ0n) is 18.3. The van der Waals surface area contributed by atoms with Crippen LogP contribution in [0.4, 0.5) is 0 Å². The molecule has 4 aliphatic rings. The van der Waals surface area contributed by atoms with Crippen molar-refractivity contribution >= 4 is 23.6 Å². The summed E-state index contributed by atoms with van der Waals surface area (Å²) in [5, 5.41) is 0. The van der Waals surface area contributed by atoms with Gasteiger partial charge in [0.15, 0.2) is 12.4 Å². The molecule has 1 aromatic rings. The predicted molar refractivity (Wildman–Crippen MR) is 114 cm³/mol. The number of methoxy groups -OCH3 is 1. The second-order valence-corrected chi connectivity index (χ2v) is 9.70. The molecule has 4 atom stereocenters. The fourth-order valence-corrected chi connectivity index (χ4v) is 6.48. The van der Waals surface area contributed by atoms with Crippen molar-refractivity contribution in [1.29, 1.82) is 0 Å². The van der Waals surface area contributed by atoms with Crippen molar-refractivity contribution < 1.29 is 28.7 Å². The Morgan fingerprint density at radius 1 is 0.906 bits per heavy atom. The van der Waals surface area contributed by atoms with Crippen LogP contribution in [0.3, 0.4) is 0 Å². The van der Waals surface area contributed by atoms with Crippen molar-refractivity contribution in [3.63, 3.8) is 0 Å². The first kappa shape index (κ1) is 21.2. The molecular formula is C25H29NO6. The van der Waals surface area contributed by atoms with E-state index in [-0.39, 0.29) is 54.0 Å². The first-order chi connectivity index (χ1) is 15.5. The van der Waals surface area contributed by atoms with Gasteiger partial charge in [0.05, 0.1) is 24.9 Å². The van der Waals surface area contributed by atoms with Crippen LogP contribution in [0.5, 0.6) is 5.75 Å². The topological polar surface area (TPSA) is 90.0 Å². The molecule has 2 bridgehead atoms. The van der Waals surface area contributed by atoms with Crippen LogP contribution < -0.4 is 4.74 Å². The summed E-state index contributed by atoms with van der Waals surface area (Å²) in [6.45, 7) is -0.291. The summed E-state index contributed by atoms with van der Waals surface area (Å²) in [7, 11) is 1.55. The molecule has 1 aliphatic heterocycles. The van der Waals surface area contributed by atoms with Gasteiger partial charge in [0.25, 0.3) is 0 Å². The van der Waals surface area contributed by atoms with E-state index in [1.165, 1.54) is 0 Å². The Labute approximate surface area is 187 Å². The van der Waals surface area contributed by atoms with E-state index >= 15 is 0 Å². The summed E-state index contributed by atoms with van der Waals surface area (Å²) in [5.74, 6) is 0.387. The number of fused-ring (bicyclic) bond motifs is 5. The standard InChI is InChI=1S/C25H29NO6/c1-31-19-10-6-14(7-11-19)20(27)13-32-25(30)15-4-8-18(9-5-15)26-23(28)21-16-2-3-17(12-16)22(21)24(26)29/h6-7,10-11,15-18,21-22H,2-5,8-9,12-13H2,1H3. The first-order valence-corrected chi connectivity index (χ1v) is 11.7. The van der Waals surface area contributed by atoms with E-state index < -0.39 is 0 Å². The summed E-state index contributed by atoms with van der Waals surface area (Å²) in [4.78, 5) is 52.4. The quantitative estimate of drug-likeness (QED) is 0.385. The Bertz CT molecular complexity index is 904. The summed E-state index contributed by atoms with van der Waals surface area (Å²) in [5.41, 5.74) is 0.466. The van der Waals surface area contributed by atoms with E-state index in [1.807, 2.05) is 0 Å². The molecule has 7 heteroatoms. The first-order valence-electron chi connectivity index (χ1n) is 11.7. The van der Waals surface area contributed by atoms with E-state index in [0.29, 0.717) is 48.8 Å². The number of carbonyl (C=O) groups is 4. The smallest absolute Gasteiger partial charge is 0.309 e. The van der Waals surface area contributed by atoms with E-state index in [4.69, 9.17) is 9.47 Å². The maximum atomic E-state index is 13.0. The lowest BCUT2D eigenvalue weighted by Gasteiger charge is -2.33. The zero-order valence-corrected chi connectivity index (χ0v) is 18.3. The average Bonchev–Trinajstić information content (AvgIpc) is 3.51. The van der Waals surface area contributed by atoms with Gasteiger partial charge < -0.3 is 9.47 Å². The second-order valence-electron chi connectivity index (χ2n) is 9.70. The Hall–Kier alpha value is -2.70. The Balaban J connectivity index is 1.12. The number of imide groups is 1.